The van der Waals surface area contributed by atoms with Gasteiger partial charge in [-0.1, -0.05) is 38.1 Å². The van der Waals surface area contributed by atoms with Gasteiger partial charge in [-0.2, -0.15) is 0 Å². The van der Waals surface area contributed by atoms with Crippen LogP contribution in [0, 0.1) is 0 Å². The average molecular weight is 500 g/mol. The summed E-state index contributed by atoms with van der Waals surface area (Å²) in [5.74, 6) is 2.65. The lowest BCUT2D eigenvalue weighted by Gasteiger charge is -2.12. The molecule has 2 N–H and O–H groups in total. The van der Waals surface area contributed by atoms with Gasteiger partial charge in [0.15, 0.2) is 5.96 Å². The van der Waals surface area contributed by atoms with Crippen LogP contribution in [-0.2, 0) is 25.8 Å². The molecule has 0 atom stereocenters. The Labute approximate surface area is 185 Å². The fraction of sp³-hybridized carbons (Fsp3) is 0.524. The van der Waals surface area contributed by atoms with Crippen molar-refractivity contribution in [3.8, 4) is 5.75 Å². The Kier molecular flexibility index (Phi) is 11.6. The Bertz CT molecular complexity index is 709. The summed E-state index contributed by atoms with van der Waals surface area (Å²) in [7, 11) is 1.78. The molecule has 1 heterocycles. The fourth-order valence-corrected chi connectivity index (χ4v) is 2.87. The molecule has 0 bridgehead atoms. The number of aromatic nitrogens is 1. The lowest BCUT2D eigenvalue weighted by atomic mass is 10.1. The number of guanidine groups is 1. The third-order valence-corrected chi connectivity index (χ3v) is 4.34. The molecular formula is C21H33IN4O2. The molecule has 0 aliphatic heterocycles. The summed E-state index contributed by atoms with van der Waals surface area (Å²) in [6.45, 7) is 8.48. The zero-order valence-corrected chi connectivity index (χ0v) is 19.7. The van der Waals surface area contributed by atoms with Crippen LogP contribution in [0.1, 0.15) is 49.8 Å². The molecule has 0 unspecified atom stereocenters. The van der Waals surface area contributed by atoms with Crippen molar-refractivity contribution in [1.82, 2.24) is 15.8 Å². The Morgan fingerprint density at radius 3 is 2.68 bits per heavy atom. The number of hydrogen-bond donors (Lipinski definition) is 2. The van der Waals surface area contributed by atoms with Crippen LogP contribution in [0.5, 0.6) is 5.75 Å². The first-order chi connectivity index (χ1) is 13.2. The smallest absolute Gasteiger partial charge is 0.191 e. The van der Waals surface area contributed by atoms with Crippen LogP contribution in [-0.4, -0.2) is 31.3 Å². The minimum absolute atomic E-state index is 0. The maximum absolute atomic E-state index is 5.70. The summed E-state index contributed by atoms with van der Waals surface area (Å²) in [4.78, 5) is 4.31. The van der Waals surface area contributed by atoms with Crippen molar-refractivity contribution in [3.63, 3.8) is 0 Å². The molecule has 2 aromatic rings. The van der Waals surface area contributed by atoms with Gasteiger partial charge in [-0.3, -0.25) is 4.99 Å². The molecule has 0 spiro atoms. The van der Waals surface area contributed by atoms with Gasteiger partial charge in [-0.05, 0) is 37.0 Å². The number of rotatable bonds is 10. The monoisotopic (exact) mass is 500 g/mol. The van der Waals surface area contributed by atoms with Gasteiger partial charge in [0.05, 0.1) is 12.3 Å². The molecule has 0 saturated carbocycles. The van der Waals surface area contributed by atoms with E-state index >= 15 is 0 Å². The Balaban J connectivity index is 0.00000392. The summed E-state index contributed by atoms with van der Waals surface area (Å²) in [6.07, 6.45) is 3.62. The summed E-state index contributed by atoms with van der Waals surface area (Å²) >= 11 is 0. The number of aryl methyl sites for hydroxylation is 2. The molecule has 7 heteroatoms. The molecule has 0 radical (unpaired) electrons. The van der Waals surface area contributed by atoms with Gasteiger partial charge in [0, 0.05) is 32.1 Å². The van der Waals surface area contributed by atoms with E-state index in [1.807, 2.05) is 12.1 Å². The maximum Gasteiger partial charge on any atom is 0.191 e. The number of aliphatic imine (C=N–C) groups is 1. The summed E-state index contributed by atoms with van der Waals surface area (Å²) in [5.41, 5.74) is 3.40. The molecule has 6 nitrogen and oxygen atoms in total. The van der Waals surface area contributed by atoms with Crippen LogP contribution in [0.15, 0.2) is 33.8 Å². The highest BCUT2D eigenvalue weighted by atomic mass is 127. The van der Waals surface area contributed by atoms with E-state index in [0.29, 0.717) is 6.54 Å². The number of ether oxygens (including phenoxy) is 1. The van der Waals surface area contributed by atoms with Crippen LogP contribution in [0.3, 0.4) is 0 Å². The molecule has 0 aliphatic rings. The van der Waals surface area contributed by atoms with E-state index in [2.05, 4.69) is 53.7 Å². The predicted molar refractivity (Wildman–Crippen MR) is 125 cm³/mol. The second kappa shape index (κ2) is 13.4. The van der Waals surface area contributed by atoms with E-state index in [1.54, 1.807) is 7.05 Å². The molecule has 0 amide bonds. The lowest BCUT2D eigenvalue weighted by molar-refractivity contribution is 0.317. The van der Waals surface area contributed by atoms with Crippen molar-refractivity contribution in [2.45, 2.75) is 53.0 Å². The SMILES string of the molecule is CCCOc1cccc(CCNC(=NC)NCc2c(CC)noc2CC)c1.I. The largest absolute Gasteiger partial charge is 0.494 e. The Hall–Kier alpha value is -1.77. The summed E-state index contributed by atoms with van der Waals surface area (Å²) in [6, 6.07) is 8.26. The second-order valence-corrected chi connectivity index (χ2v) is 6.34. The first-order valence-electron chi connectivity index (χ1n) is 9.84. The van der Waals surface area contributed by atoms with Gasteiger partial charge in [0.1, 0.15) is 11.5 Å². The van der Waals surface area contributed by atoms with E-state index in [4.69, 9.17) is 9.26 Å². The highest BCUT2D eigenvalue weighted by Gasteiger charge is 2.13. The van der Waals surface area contributed by atoms with Gasteiger partial charge in [0.2, 0.25) is 0 Å². The number of hydrogen-bond acceptors (Lipinski definition) is 4. The normalized spacial score (nSPS) is 11.1. The summed E-state index contributed by atoms with van der Waals surface area (Å²) < 4.78 is 11.1. The predicted octanol–water partition coefficient (Wildman–Crippen LogP) is 4.11. The quantitative estimate of drug-likeness (QED) is 0.292. The van der Waals surface area contributed by atoms with Gasteiger partial charge >= 0.3 is 0 Å². The first kappa shape index (κ1) is 24.3. The number of nitrogens with zero attached hydrogens (tertiary/aromatic N) is 2. The van der Waals surface area contributed by atoms with Crippen molar-refractivity contribution in [2.75, 3.05) is 20.2 Å². The van der Waals surface area contributed by atoms with Crippen LogP contribution in [0.25, 0.3) is 0 Å². The molecule has 0 saturated heterocycles. The van der Waals surface area contributed by atoms with Gasteiger partial charge in [0.25, 0.3) is 0 Å². The first-order valence-corrected chi connectivity index (χ1v) is 9.84. The number of halogens is 1. The zero-order chi connectivity index (χ0) is 19.5. The minimum atomic E-state index is 0. The van der Waals surface area contributed by atoms with E-state index < -0.39 is 0 Å². The average Bonchev–Trinajstić information content (AvgIpc) is 3.11. The maximum atomic E-state index is 5.70. The minimum Gasteiger partial charge on any atom is -0.494 e. The standard InChI is InChI=1S/C21H32N4O2.HI/c1-5-13-26-17-10-8-9-16(14-17)11-12-23-21(22-4)24-15-18-19(6-2)25-27-20(18)7-3;/h8-10,14H,5-7,11-13,15H2,1-4H3,(H2,22,23,24);1H. The fourth-order valence-electron chi connectivity index (χ4n) is 2.87. The van der Waals surface area contributed by atoms with Crippen molar-refractivity contribution >= 4 is 29.9 Å². The number of benzene rings is 1. The second-order valence-electron chi connectivity index (χ2n) is 6.34. The molecule has 1 aromatic heterocycles. The van der Waals surface area contributed by atoms with E-state index in [-0.39, 0.29) is 24.0 Å². The highest BCUT2D eigenvalue weighted by Crippen LogP contribution is 2.15. The molecule has 156 valence electrons. The molecule has 2 rings (SSSR count). The summed E-state index contributed by atoms with van der Waals surface area (Å²) in [5, 5.41) is 10.9. The van der Waals surface area contributed by atoms with Crippen molar-refractivity contribution in [3.05, 3.63) is 46.8 Å². The Morgan fingerprint density at radius 1 is 1.18 bits per heavy atom. The molecule has 28 heavy (non-hydrogen) atoms. The lowest BCUT2D eigenvalue weighted by Crippen LogP contribution is -2.38. The van der Waals surface area contributed by atoms with Gasteiger partial charge < -0.3 is 19.9 Å². The van der Waals surface area contributed by atoms with Crippen molar-refractivity contribution in [1.29, 1.82) is 0 Å². The van der Waals surface area contributed by atoms with E-state index in [0.717, 1.165) is 67.6 Å². The number of nitrogens with one attached hydrogen (secondary N) is 2. The zero-order valence-electron chi connectivity index (χ0n) is 17.4. The van der Waals surface area contributed by atoms with Crippen LogP contribution in [0.2, 0.25) is 0 Å². The van der Waals surface area contributed by atoms with Crippen LogP contribution >= 0.6 is 24.0 Å². The highest BCUT2D eigenvalue weighted by molar-refractivity contribution is 14.0. The van der Waals surface area contributed by atoms with Crippen molar-refractivity contribution in [2.24, 2.45) is 4.99 Å². The molecular weight excluding hydrogens is 467 g/mol. The third-order valence-electron chi connectivity index (χ3n) is 4.34. The van der Waals surface area contributed by atoms with Gasteiger partial charge in [-0.25, -0.2) is 0 Å². The topological polar surface area (TPSA) is 71.7 Å². The van der Waals surface area contributed by atoms with Crippen LogP contribution < -0.4 is 15.4 Å². The van der Waals surface area contributed by atoms with E-state index in [9.17, 15) is 0 Å². The van der Waals surface area contributed by atoms with Crippen LogP contribution in [0.4, 0.5) is 0 Å². The Morgan fingerprint density at radius 2 is 2.00 bits per heavy atom. The molecule has 1 aromatic carbocycles. The molecule has 0 fully saturated rings. The van der Waals surface area contributed by atoms with Gasteiger partial charge in [-0.15, -0.1) is 24.0 Å². The van der Waals surface area contributed by atoms with E-state index in [1.165, 1.54) is 5.56 Å². The third kappa shape index (κ3) is 7.33. The van der Waals surface area contributed by atoms with Crippen molar-refractivity contribution < 1.29 is 9.26 Å². The molecule has 0 aliphatic carbocycles.